The van der Waals surface area contributed by atoms with E-state index in [4.69, 9.17) is 5.84 Å². The zero-order valence-corrected chi connectivity index (χ0v) is 11.5. The summed E-state index contributed by atoms with van der Waals surface area (Å²) in [6.45, 7) is 3.98. The highest BCUT2D eigenvalue weighted by Gasteiger charge is 2.17. The van der Waals surface area contributed by atoms with Crippen molar-refractivity contribution in [2.24, 2.45) is 12.9 Å². The highest BCUT2D eigenvalue weighted by Crippen LogP contribution is 2.20. The SMILES string of the molecule is CCc1nnc(C)cc1C(Cc1cn(C)nn1)NN. The smallest absolute Gasteiger partial charge is 0.0846 e. The number of nitrogens with two attached hydrogens (primary N) is 1. The van der Waals surface area contributed by atoms with Crippen molar-refractivity contribution in [2.75, 3.05) is 0 Å². The molecule has 0 saturated carbocycles. The average Bonchev–Trinajstić information content (AvgIpc) is 2.81. The van der Waals surface area contributed by atoms with E-state index in [0.717, 1.165) is 29.1 Å². The summed E-state index contributed by atoms with van der Waals surface area (Å²) in [4.78, 5) is 0. The van der Waals surface area contributed by atoms with Crippen LogP contribution in [-0.2, 0) is 19.9 Å². The van der Waals surface area contributed by atoms with Crippen LogP contribution in [0.5, 0.6) is 0 Å². The molecule has 1 unspecified atom stereocenters. The van der Waals surface area contributed by atoms with Gasteiger partial charge in [-0.1, -0.05) is 12.1 Å². The first kappa shape index (κ1) is 13.6. The van der Waals surface area contributed by atoms with Gasteiger partial charge in [0.25, 0.3) is 0 Å². The van der Waals surface area contributed by atoms with Gasteiger partial charge >= 0.3 is 0 Å². The lowest BCUT2D eigenvalue weighted by atomic mass is 10.00. The summed E-state index contributed by atoms with van der Waals surface area (Å²) in [6.07, 6.45) is 3.38. The molecule has 0 aliphatic rings. The summed E-state index contributed by atoms with van der Waals surface area (Å²) in [7, 11) is 1.84. The molecule has 7 nitrogen and oxygen atoms in total. The predicted molar refractivity (Wildman–Crippen MR) is 70.9 cm³/mol. The van der Waals surface area contributed by atoms with Gasteiger partial charge in [0.1, 0.15) is 0 Å². The quantitative estimate of drug-likeness (QED) is 0.590. The van der Waals surface area contributed by atoms with E-state index >= 15 is 0 Å². The fourth-order valence-electron chi connectivity index (χ4n) is 2.07. The van der Waals surface area contributed by atoms with Gasteiger partial charge in [0, 0.05) is 19.7 Å². The molecule has 1 atom stereocenters. The minimum absolute atomic E-state index is 0.0409. The Bertz CT molecular complexity index is 549. The van der Waals surface area contributed by atoms with Gasteiger partial charge in [-0.2, -0.15) is 10.2 Å². The standard InChI is InChI=1S/C12H19N7/c1-4-11-10(5-8(2)15-17-11)12(14-13)6-9-7-19(3)18-16-9/h5,7,12,14H,4,6,13H2,1-3H3. The van der Waals surface area contributed by atoms with Crippen LogP contribution < -0.4 is 11.3 Å². The molecule has 0 radical (unpaired) electrons. The number of hydrogen-bond acceptors (Lipinski definition) is 6. The maximum Gasteiger partial charge on any atom is 0.0846 e. The number of hydrazine groups is 1. The lowest BCUT2D eigenvalue weighted by Crippen LogP contribution is -2.31. The Morgan fingerprint density at radius 1 is 1.37 bits per heavy atom. The molecule has 2 aromatic heterocycles. The fourth-order valence-corrected chi connectivity index (χ4v) is 2.07. The third-order valence-electron chi connectivity index (χ3n) is 3.00. The zero-order chi connectivity index (χ0) is 13.8. The summed E-state index contributed by atoms with van der Waals surface area (Å²) in [6, 6.07) is 1.98. The molecule has 0 fully saturated rings. The van der Waals surface area contributed by atoms with Crippen molar-refractivity contribution in [1.29, 1.82) is 0 Å². The number of aromatic nitrogens is 5. The van der Waals surface area contributed by atoms with Crippen LogP contribution in [0.25, 0.3) is 0 Å². The van der Waals surface area contributed by atoms with Crippen molar-refractivity contribution in [2.45, 2.75) is 32.7 Å². The van der Waals surface area contributed by atoms with Gasteiger partial charge in [0.2, 0.25) is 0 Å². The predicted octanol–water partition coefficient (Wildman–Crippen LogP) is 0.223. The van der Waals surface area contributed by atoms with Crippen molar-refractivity contribution in [3.8, 4) is 0 Å². The zero-order valence-electron chi connectivity index (χ0n) is 11.5. The Morgan fingerprint density at radius 2 is 2.16 bits per heavy atom. The van der Waals surface area contributed by atoms with Crippen molar-refractivity contribution in [3.05, 3.63) is 34.9 Å². The Labute approximate surface area is 112 Å². The van der Waals surface area contributed by atoms with Gasteiger partial charge in [-0.25, -0.2) is 0 Å². The van der Waals surface area contributed by atoms with E-state index in [2.05, 4.69) is 32.9 Å². The Morgan fingerprint density at radius 3 is 2.74 bits per heavy atom. The van der Waals surface area contributed by atoms with Gasteiger partial charge in [0.15, 0.2) is 0 Å². The third kappa shape index (κ3) is 3.12. The molecular formula is C12H19N7. The van der Waals surface area contributed by atoms with Crippen LogP contribution in [0.2, 0.25) is 0 Å². The Balaban J connectivity index is 2.28. The van der Waals surface area contributed by atoms with Crippen LogP contribution in [0.1, 0.15) is 35.6 Å². The van der Waals surface area contributed by atoms with E-state index < -0.39 is 0 Å². The van der Waals surface area contributed by atoms with Crippen LogP contribution in [0.4, 0.5) is 0 Å². The van der Waals surface area contributed by atoms with Crippen molar-refractivity contribution >= 4 is 0 Å². The van der Waals surface area contributed by atoms with Crippen LogP contribution in [-0.4, -0.2) is 25.2 Å². The van der Waals surface area contributed by atoms with E-state index in [1.54, 1.807) is 4.68 Å². The second kappa shape index (κ2) is 5.85. The van der Waals surface area contributed by atoms with E-state index in [9.17, 15) is 0 Å². The molecule has 102 valence electrons. The molecule has 0 amide bonds. The molecule has 0 aliphatic heterocycles. The molecule has 19 heavy (non-hydrogen) atoms. The van der Waals surface area contributed by atoms with Gasteiger partial charge in [-0.3, -0.25) is 16.0 Å². The summed E-state index contributed by atoms with van der Waals surface area (Å²) < 4.78 is 1.68. The minimum atomic E-state index is -0.0409. The lowest BCUT2D eigenvalue weighted by Gasteiger charge is -2.17. The monoisotopic (exact) mass is 261 g/mol. The summed E-state index contributed by atoms with van der Waals surface area (Å²) in [5.74, 6) is 5.68. The molecule has 2 rings (SSSR count). The van der Waals surface area contributed by atoms with Crippen molar-refractivity contribution in [1.82, 2.24) is 30.6 Å². The molecule has 7 heteroatoms. The number of nitrogens with zero attached hydrogens (tertiary/aromatic N) is 5. The lowest BCUT2D eigenvalue weighted by molar-refractivity contribution is 0.535. The number of nitrogens with one attached hydrogen (secondary N) is 1. The number of rotatable bonds is 5. The van der Waals surface area contributed by atoms with Crippen molar-refractivity contribution < 1.29 is 0 Å². The Hall–Kier alpha value is -1.86. The van der Waals surface area contributed by atoms with Crippen LogP contribution >= 0.6 is 0 Å². The maximum atomic E-state index is 5.68. The summed E-state index contributed by atoms with van der Waals surface area (Å²) >= 11 is 0. The van der Waals surface area contributed by atoms with Gasteiger partial charge in [-0.05, 0) is 25.0 Å². The molecule has 0 spiro atoms. The Kier molecular flexibility index (Phi) is 4.18. The molecule has 0 aromatic carbocycles. The molecule has 0 saturated heterocycles. The second-order valence-electron chi connectivity index (χ2n) is 4.55. The molecular weight excluding hydrogens is 242 g/mol. The number of hydrogen-bond donors (Lipinski definition) is 2. The van der Waals surface area contributed by atoms with E-state index in [1.807, 2.05) is 26.2 Å². The van der Waals surface area contributed by atoms with Gasteiger partial charge in [-0.15, -0.1) is 5.10 Å². The van der Waals surface area contributed by atoms with Crippen molar-refractivity contribution in [3.63, 3.8) is 0 Å². The fraction of sp³-hybridized carbons (Fsp3) is 0.500. The molecule has 2 heterocycles. The largest absolute Gasteiger partial charge is 0.271 e. The highest BCUT2D eigenvalue weighted by molar-refractivity contribution is 5.26. The normalized spacial score (nSPS) is 12.6. The van der Waals surface area contributed by atoms with E-state index in [1.165, 1.54) is 0 Å². The third-order valence-corrected chi connectivity index (χ3v) is 3.00. The molecule has 2 aromatic rings. The first-order valence-electron chi connectivity index (χ1n) is 6.28. The summed E-state index contributed by atoms with van der Waals surface area (Å²) in [5.41, 5.74) is 6.63. The van der Waals surface area contributed by atoms with Crippen LogP contribution in [0.15, 0.2) is 12.3 Å². The van der Waals surface area contributed by atoms with Gasteiger partial charge < -0.3 is 0 Å². The molecule has 0 aliphatic carbocycles. The summed E-state index contributed by atoms with van der Waals surface area (Å²) in [5, 5.41) is 16.3. The molecule has 3 N–H and O–H groups in total. The van der Waals surface area contributed by atoms with Gasteiger partial charge in [0.05, 0.1) is 23.1 Å². The maximum absolute atomic E-state index is 5.68. The first-order chi connectivity index (χ1) is 9.13. The van der Waals surface area contributed by atoms with Crippen LogP contribution in [0.3, 0.4) is 0 Å². The minimum Gasteiger partial charge on any atom is -0.271 e. The second-order valence-corrected chi connectivity index (χ2v) is 4.55. The van der Waals surface area contributed by atoms with E-state index in [0.29, 0.717) is 6.42 Å². The molecule has 0 bridgehead atoms. The highest BCUT2D eigenvalue weighted by atomic mass is 15.4. The topological polar surface area (TPSA) is 94.5 Å². The van der Waals surface area contributed by atoms with Crippen LogP contribution in [0, 0.1) is 6.92 Å². The average molecular weight is 261 g/mol. The first-order valence-corrected chi connectivity index (χ1v) is 6.28. The van der Waals surface area contributed by atoms with E-state index in [-0.39, 0.29) is 6.04 Å². The number of aryl methyl sites for hydroxylation is 3.